The summed E-state index contributed by atoms with van der Waals surface area (Å²) in [6.07, 6.45) is 1.59. The second kappa shape index (κ2) is 6.08. The predicted octanol–water partition coefficient (Wildman–Crippen LogP) is 1.57. The van der Waals surface area contributed by atoms with Crippen LogP contribution in [0, 0.1) is 6.92 Å². The van der Waals surface area contributed by atoms with Gasteiger partial charge in [-0.05, 0) is 26.0 Å². The molecule has 0 fully saturated rings. The molecule has 0 bridgehead atoms. The highest BCUT2D eigenvalue weighted by Gasteiger charge is 2.16. The topological polar surface area (TPSA) is 114 Å². The minimum atomic E-state index is -0.362. The second-order valence-electron chi connectivity index (χ2n) is 4.57. The van der Waals surface area contributed by atoms with Gasteiger partial charge in [0.1, 0.15) is 11.8 Å². The monoisotopic (exact) mass is 288 g/mol. The number of oxazole rings is 1. The van der Waals surface area contributed by atoms with E-state index in [1.54, 1.807) is 38.2 Å². The Kier molecular flexibility index (Phi) is 4.22. The Balaban J connectivity index is 2.13. The number of benzene rings is 1. The number of nitrogens with zero attached hydrogens (tertiary/aromatic N) is 2. The van der Waals surface area contributed by atoms with Crippen LogP contribution in [0.25, 0.3) is 0 Å². The number of oxime groups is 1. The largest absolute Gasteiger partial charge is 0.444 e. The van der Waals surface area contributed by atoms with Crippen molar-refractivity contribution in [2.45, 2.75) is 19.9 Å². The van der Waals surface area contributed by atoms with Crippen LogP contribution in [0.15, 0.2) is 40.0 Å². The van der Waals surface area contributed by atoms with Crippen molar-refractivity contribution in [3.05, 3.63) is 53.2 Å². The van der Waals surface area contributed by atoms with Gasteiger partial charge >= 0.3 is 0 Å². The van der Waals surface area contributed by atoms with Crippen LogP contribution < -0.4 is 11.1 Å². The summed E-state index contributed by atoms with van der Waals surface area (Å²) < 4.78 is 5.36. The molecule has 4 N–H and O–H groups in total. The third-order valence-electron chi connectivity index (χ3n) is 2.89. The summed E-state index contributed by atoms with van der Waals surface area (Å²) in [5.74, 6) is 0.764. The Morgan fingerprint density at radius 3 is 2.81 bits per heavy atom. The number of nitrogens with one attached hydrogen (secondary N) is 1. The number of rotatable bonds is 4. The molecule has 1 aromatic heterocycles. The minimum Gasteiger partial charge on any atom is -0.444 e. The second-order valence-corrected chi connectivity index (χ2v) is 4.57. The summed E-state index contributed by atoms with van der Waals surface area (Å²) in [5.41, 5.74) is 6.36. The Morgan fingerprint density at radius 2 is 2.19 bits per heavy atom. The SMILES string of the molecule is Cc1cnc(C(C)NC(=O)c2cccc(/C(N)=N/O)c2)o1. The van der Waals surface area contributed by atoms with Gasteiger partial charge in [-0.3, -0.25) is 4.79 Å². The molecule has 1 atom stereocenters. The molecule has 0 aliphatic rings. The predicted molar refractivity (Wildman–Crippen MR) is 76.1 cm³/mol. The van der Waals surface area contributed by atoms with Crippen LogP contribution in [0.1, 0.15) is 40.5 Å². The standard InChI is InChI=1S/C14H16N4O3/c1-8-7-16-14(21-8)9(2)17-13(19)11-5-3-4-10(6-11)12(15)18-20/h3-7,9,20H,1-2H3,(H2,15,18)(H,17,19). The van der Waals surface area contributed by atoms with Crippen molar-refractivity contribution in [3.63, 3.8) is 0 Å². The Labute approximate surface area is 121 Å². The maximum absolute atomic E-state index is 12.2. The first-order valence-corrected chi connectivity index (χ1v) is 6.32. The maximum atomic E-state index is 12.2. The third kappa shape index (κ3) is 3.38. The van der Waals surface area contributed by atoms with Crippen molar-refractivity contribution in [1.82, 2.24) is 10.3 Å². The normalized spacial score (nSPS) is 13.0. The molecule has 0 aliphatic heterocycles. The summed E-state index contributed by atoms with van der Waals surface area (Å²) in [6, 6.07) is 6.11. The molecule has 1 heterocycles. The first kappa shape index (κ1) is 14.6. The fourth-order valence-corrected chi connectivity index (χ4v) is 1.79. The van der Waals surface area contributed by atoms with Crippen LogP contribution in [-0.4, -0.2) is 21.9 Å². The molecule has 0 saturated heterocycles. The molecule has 0 aliphatic carbocycles. The fraction of sp³-hybridized carbons (Fsp3) is 0.214. The Bertz CT molecular complexity index is 678. The van der Waals surface area contributed by atoms with Crippen LogP contribution >= 0.6 is 0 Å². The molecule has 7 nitrogen and oxygen atoms in total. The molecule has 1 amide bonds. The number of hydrogen-bond acceptors (Lipinski definition) is 5. The zero-order valence-corrected chi connectivity index (χ0v) is 11.7. The van der Waals surface area contributed by atoms with E-state index in [0.29, 0.717) is 22.8 Å². The number of nitrogens with two attached hydrogens (primary N) is 1. The van der Waals surface area contributed by atoms with E-state index >= 15 is 0 Å². The molecule has 1 unspecified atom stereocenters. The van der Waals surface area contributed by atoms with Gasteiger partial charge in [-0.15, -0.1) is 0 Å². The lowest BCUT2D eigenvalue weighted by molar-refractivity contribution is 0.0934. The number of amidine groups is 1. The number of aryl methyl sites for hydroxylation is 1. The average Bonchev–Trinajstić information content (AvgIpc) is 2.93. The molecule has 110 valence electrons. The lowest BCUT2D eigenvalue weighted by Crippen LogP contribution is -2.27. The number of carbonyl (C=O) groups is 1. The number of hydrogen-bond donors (Lipinski definition) is 3. The van der Waals surface area contributed by atoms with Gasteiger partial charge in [-0.2, -0.15) is 0 Å². The van der Waals surface area contributed by atoms with Crippen molar-refractivity contribution in [2.75, 3.05) is 0 Å². The van der Waals surface area contributed by atoms with Gasteiger partial charge in [0.25, 0.3) is 5.91 Å². The molecule has 2 aromatic rings. The van der Waals surface area contributed by atoms with E-state index in [0.717, 1.165) is 0 Å². The van der Waals surface area contributed by atoms with E-state index in [4.69, 9.17) is 15.4 Å². The van der Waals surface area contributed by atoms with E-state index in [9.17, 15) is 4.79 Å². The summed E-state index contributed by atoms with van der Waals surface area (Å²) in [6.45, 7) is 3.56. The molecule has 0 saturated carbocycles. The van der Waals surface area contributed by atoms with Crippen LogP contribution in [0.4, 0.5) is 0 Å². The quantitative estimate of drug-likeness (QED) is 0.342. The van der Waals surface area contributed by atoms with Crippen molar-refractivity contribution in [1.29, 1.82) is 0 Å². The molecular weight excluding hydrogens is 272 g/mol. The molecular formula is C14H16N4O3. The molecule has 0 spiro atoms. The Morgan fingerprint density at radius 1 is 1.48 bits per heavy atom. The summed E-state index contributed by atoms with van der Waals surface area (Å²) in [4.78, 5) is 16.2. The molecule has 21 heavy (non-hydrogen) atoms. The number of aromatic nitrogens is 1. The minimum absolute atomic E-state index is 0.0546. The highest BCUT2D eigenvalue weighted by atomic mass is 16.4. The smallest absolute Gasteiger partial charge is 0.251 e. The zero-order chi connectivity index (χ0) is 15.4. The van der Waals surface area contributed by atoms with Crippen LogP contribution in [0.5, 0.6) is 0 Å². The first-order valence-electron chi connectivity index (χ1n) is 6.32. The number of amides is 1. The van der Waals surface area contributed by atoms with Gasteiger partial charge < -0.3 is 20.7 Å². The van der Waals surface area contributed by atoms with Crippen molar-refractivity contribution >= 4 is 11.7 Å². The summed E-state index contributed by atoms with van der Waals surface area (Å²) in [5, 5.41) is 14.3. The zero-order valence-electron chi connectivity index (χ0n) is 11.7. The summed E-state index contributed by atoms with van der Waals surface area (Å²) >= 11 is 0. The van der Waals surface area contributed by atoms with Crippen molar-refractivity contribution in [3.8, 4) is 0 Å². The van der Waals surface area contributed by atoms with Crippen molar-refractivity contribution < 1.29 is 14.4 Å². The maximum Gasteiger partial charge on any atom is 0.251 e. The van der Waals surface area contributed by atoms with Gasteiger partial charge in [0.15, 0.2) is 5.84 Å². The van der Waals surface area contributed by atoms with E-state index in [2.05, 4.69) is 15.5 Å². The lowest BCUT2D eigenvalue weighted by Gasteiger charge is -2.11. The first-order chi connectivity index (χ1) is 10.0. The lowest BCUT2D eigenvalue weighted by atomic mass is 10.1. The molecule has 1 aromatic carbocycles. The van der Waals surface area contributed by atoms with Crippen molar-refractivity contribution in [2.24, 2.45) is 10.9 Å². The fourth-order valence-electron chi connectivity index (χ4n) is 1.79. The Hall–Kier alpha value is -2.83. The van der Waals surface area contributed by atoms with Gasteiger partial charge in [0.2, 0.25) is 5.89 Å². The van der Waals surface area contributed by atoms with Crippen LogP contribution in [0.3, 0.4) is 0 Å². The van der Waals surface area contributed by atoms with Gasteiger partial charge in [0, 0.05) is 11.1 Å². The van der Waals surface area contributed by atoms with E-state index in [1.807, 2.05) is 0 Å². The summed E-state index contributed by atoms with van der Waals surface area (Å²) in [7, 11) is 0. The molecule has 2 rings (SSSR count). The third-order valence-corrected chi connectivity index (χ3v) is 2.89. The van der Waals surface area contributed by atoms with E-state index in [-0.39, 0.29) is 17.8 Å². The van der Waals surface area contributed by atoms with E-state index in [1.165, 1.54) is 6.07 Å². The molecule has 0 radical (unpaired) electrons. The van der Waals surface area contributed by atoms with Crippen LogP contribution in [0.2, 0.25) is 0 Å². The highest BCUT2D eigenvalue weighted by molar-refractivity contribution is 6.01. The van der Waals surface area contributed by atoms with Gasteiger partial charge in [0.05, 0.1) is 6.20 Å². The van der Waals surface area contributed by atoms with Gasteiger partial charge in [-0.1, -0.05) is 17.3 Å². The van der Waals surface area contributed by atoms with Gasteiger partial charge in [-0.25, -0.2) is 4.98 Å². The van der Waals surface area contributed by atoms with Crippen LogP contribution in [-0.2, 0) is 0 Å². The molecule has 7 heteroatoms. The number of carbonyl (C=O) groups excluding carboxylic acids is 1. The highest BCUT2D eigenvalue weighted by Crippen LogP contribution is 2.13. The average molecular weight is 288 g/mol. The van der Waals surface area contributed by atoms with E-state index < -0.39 is 0 Å².